The molecule has 0 atom stereocenters. The maximum absolute atomic E-state index is 13.6. The van der Waals surface area contributed by atoms with E-state index in [9.17, 15) is 17.2 Å². The van der Waals surface area contributed by atoms with Crippen molar-refractivity contribution >= 4 is 53.4 Å². The van der Waals surface area contributed by atoms with E-state index >= 15 is 0 Å². The second kappa shape index (κ2) is 5.85. The minimum absolute atomic E-state index is 0.0815. The normalized spacial score (nSPS) is 11.4. The lowest BCUT2D eigenvalue weighted by Gasteiger charge is -2.11. The predicted molar refractivity (Wildman–Crippen MR) is 81.2 cm³/mol. The average molecular weight is 443 g/mol. The van der Waals surface area contributed by atoms with Crippen LogP contribution in [-0.2, 0) is 10.0 Å². The van der Waals surface area contributed by atoms with Crippen LogP contribution in [0.4, 0.5) is 20.3 Å². The molecule has 2 aromatic rings. The summed E-state index contributed by atoms with van der Waals surface area (Å²) in [7, 11) is -4.17. The van der Waals surface area contributed by atoms with Crippen LogP contribution in [0.1, 0.15) is 0 Å². The summed E-state index contributed by atoms with van der Waals surface area (Å²) in [6.07, 6.45) is 1.32. The maximum Gasteiger partial charge on any atom is 0.265 e. The molecular weight excluding hydrogens is 436 g/mol. The Morgan fingerprint density at radius 2 is 1.81 bits per heavy atom. The minimum atomic E-state index is -4.17. The molecule has 0 bridgehead atoms. The van der Waals surface area contributed by atoms with Gasteiger partial charge in [-0.15, -0.1) is 0 Å². The summed E-state index contributed by atoms with van der Waals surface area (Å²) in [4.78, 5) is 3.37. The number of hydrogen-bond donors (Lipinski definition) is 2. The lowest BCUT2D eigenvalue weighted by Crippen LogP contribution is -2.16. The Bertz CT molecular complexity index is 815. The van der Waals surface area contributed by atoms with Crippen LogP contribution >= 0.6 is 31.9 Å². The first-order valence-electron chi connectivity index (χ1n) is 5.29. The van der Waals surface area contributed by atoms with E-state index in [1.165, 1.54) is 12.3 Å². The SMILES string of the molecule is Nc1ncc(Br)cc1S(=O)(=O)Nc1cc(Br)c(F)cc1F. The van der Waals surface area contributed by atoms with Crippen molar-refractivity contribution in [2.45, 2.75) is 4.90 Å². The summed E-state index contributed by atoms with van der Waals surface area (Å²) in [6, 6.07) is 2.76. The van der Waals surface area contributed by atoms with Crippen LogP contribution in [0.5, 0.6) is 0 Å². The van der Waals surface area contributed by atoms with Crippen LogP contribution in [0.2, 0.25) is 0 Å². The fourth-order valence-corrected chi connectivity index (χ4v) is 3.44. The first-order chi connectivity index (χ1) is 9.70. The molecular formula is C11H7Br2F2N3O2S. The van der Waals surface area contributed by atoms with Crippen molar-refractivity contribution in [1.82, 2.24) is 4.98 Å². The Labute approximate surface area is 135 Å². The molecule has 0 saturated carbocycles. The number of anilines is 2. The van der Waals surface area contributed by atoms with Gasteiger partial charge in [0.2, 0.25) is 0 Å². The summed E-state index contributed by atoms with van der Waals surface area (Å²) in [5.74, 6) is -2.15. The van der Waals surface area contributed by atoms with Gasteiger partial charge in [-0.3, -0.25) is 4.72 Å². The van der Waals surface area contributed by atoms with Crippen LogP contribution in [0.3, 0.4) is 0 Å². The summed E-state index contributed by atoms with van der Waals surface area (Å²) in [5, 5.41) is 0. The molecule has 0 radical (unpaired) electrons. The third-order valence-corrected chi connectivity index (χ3v) is 4.83. The summed E-state index contributed by atoms with van der Waals surface area (Å²) >= 11 is 5.92. The number of nitrogens with two attached hydrogens (primary N) is 1. The van der Waals surface area contributed by atoms with Gasteiger partial charge in [0.25, 0.3) is 10.0 Å². The van der Waals surface area contributed by atoms with E-state index in [4.69, 9.17) is 5.73 Å². The van der Waals surface area contributed by atoms with Crippen LogP contribution in [-0.4, -0.2) is 13.4 Å². The van der Waals surface area contributed by atoms with Crippen molar-refractivity contribution in [3.63, 3.8) is 0 Å². The molecule has 21 heavy (non-hydrogen) atoms. The number of benzene rings is 1. The second-order valence-corrected chi connectivity index (χ2v) is 7.31. The third kappa shape index (κ3) is 3.50. The van der Waals surface area contributed by atoms with Crippen molar-refractivity contribution in [3.05, 3.63) is 45.0 Å². The van der Waals surface area contributed by atoms with E-state index in [1.807, 2.05) is 4.72 Å². The fraction of sp³-hybridized carbons (Fsp3) is 0. The van der Waals surface area contributed by atoms with Gasteiger partial charge in [0, 0.05) is 16.7 Å². The van der Waals surface area contributed by atoms with E-state index in [0.29, 0.717) is 10.5 Å². The standard InChI is InChI=1S/C11H7Br2F2N3O2S/c12-5-1-10(11(16)17-4-5)21(19,20)18-9-2-6(13)7(14)3-8(9)15/h1-4,18H,(H2,16,17). The highest BCUT2D eigenvalue weighted by atomic mass is 79.9. The Morgan fingerprint density at radius 3 is 2.48 bits per heavy atom. The topological polar surface area (TPSA) is 85.1 Å². The fourth-order valence-electron chi connectivity index (χ4n) is 1.45. The molecule has 2 rings (SSSR count). The van der Waals surface area contributed by atoms with Gasteiger partial charge < -0.3 is 5.73 Å². The molecule has 0 saturated heterocycles. The van der Waals surface area contributed by atoms with Crippen LogP contribution in [0.15, 0.2) is 38.2 Å². The predicted octanol–water partition coefficient (Wildman–Crippen LogP) is 3.27. The van der Waals surface area contributed by atoms with Crippen LogP contribution < -0.4 is 10.5 Å². The van der Waals surface area contributed by atoms with Crippen LogP contribution in [0, 0.1) is 11.6 Å². The van der Waals surface area contributed by atoms with Crippen molar-refractivity contribution in [3.8, 4) is 0 Å². The van der Waals surface area contributed by atoms with Crippen molar-refractivity contribution < 1.29 is 17.2 Å². The highest BCUT2D eigenvalue weighted by Gasteiger charge is 2.21. The highest BCUT2D eigenvalue weighted by Crippen LogP contribution is 2.27. The van der Waals surface area contributed by atoms with Gasteiger partial charge in [-0.05, 0) is 44.0 Å². The molecule has 0 spiro atoms. The Morgan fingerprint density at radius 1 is 1.14 bits per heavy atom. The number of sulfonamides is 1. The highest BCUT2D eigenvalue weighted by molar-refractivity contribution is 9.10. The Hall–Kier alpha value is -1.26. The molecule has 1 aromatic carbocycles. The van der Waals surface area contributed by atoms with Gasteiger partial charge in [0.05, 0.1) is 10.2 Å². The van der Waals surface area contributed by atoms with E-state index in [1.54, 1.807) is 0 Å². The number of halogens is 4. The number of nitrogen functional groups attached to an aromatic ring is 1. The monoisotopic (exact) mass is 441 g/mol. The molecule has 1 aromatic heterocycles. The van der Waals surface area contributed by atoms with Gasteiger partial charge in [0.15, 0.2) is 0 Å². The molecule has 0 aliphatic heterocycles. The number of nitrogens with one attached hydrogen (secondary N) is 1. The number of hydrogen-bond acceptors (Lipinski definition) is 4. The second-order valence-electron chi connectivity index (χ2n) is 3.89. The molecule has 0 fully saturated rings. The number of nitrogens with zero attached hydrogens (tertiary/aromatic N) is 1. The zero-order chi connectivity index (χ0) is 15.8. The van der Waals surface area contributed by atoms with E-state index < -0.39 is 27.3 Å². The zero-order valence-corrected chi connectivity index (χ0v) is 14.1. The van der Waals surface area contributed by atoms with Crippen molar-refractivity contribution in [1.29, 1.82) is 0 Å². The Balaban J connectivity index is 2.47. The zero-order valence-electron chi connectivity index (χ0n) is 10.1. The molecule has 1 heterocycles. The van der Waals surface area contributed by atoms with E-state index in [0.717, 1.165) is 6.07 Å². The van der Waals surface area contributed by atoms with Gasteiger partial charge in [0.1, 0.15) is 22.3 Å². The number of aromatic nitrogens is 1. The van der Waals surface area contributed by atoms with E-state index in [-0.39, 0.29) is 15.2 Å². The lowest BCUT2D eigenvalue weighted by atomic mass is 10.3. The van der Waals surface area contributed by atoms with Gasteiger partial charge in [-0.2, -0.15) is 0 Å². The maximum atomic E-state index is 13.6. The first-order valence-corrected chi connectivity index (χ1v) is 8.36. The average Bonchev–Trinajstić information content (AvgIpc) is 2.38. The summed E-state index contributed by atoms with van der Waals surface area (Å²) in [6.45, 7) is 0. The molecule has 5 nitrogen and oxygen atoms in total. The van der Waals surface area contributed by atoms with Gasteiger partial charge >= 0.3 is 0 Å². The third-order valence-electron chi connectivity index (χ3n) is 2.39. The Kier molecular flexibility index (Phi) is 4.49. The molecule has 3 N–H and O–H groups in total. The smallest absolute Gasteiger partial charge is 0.265 e. The summed E-state index contributed by atoms with van der Waals surface area (Å²) in [5.41, 5.74) is 5.09. The van der Waals surface area contributed by atoms with Crippen LogP contribution in [0.25, 0.3) is 0 Å². The minimum Gasteiger partial charge on any atom is -0.383 e. The van der Waals surface area contributed by atoms with Gasteiger partial charge in [-0.1, -0.05) is 0 Å². The molecule has 0 unspecified atom stereocenters. The number of pyridine rings is 1. The summed E-state index contributed by atoms with van der Waals surface area (Å²) < 4.78 is 53.4. The lowest BCUT2D eigenvalue weighted by molar-refractivity contribution is 0.579. The van der Waals surface area contributed by atoms with Gasteiger partial charge in [-0.25, -0.2) is 22.2 Å². The molecule has 112 valence electrons. The largest absolute Gasteiger partial charge is 0.383 e. The molecule has 0 aliphatic carbocycles. The van der Waals surface area contributed by atoms with Crippen molar-refractivity contribution in [2.24, 2.45) is 0 Å². The molecule has 0 aliphatic rings. The molecule has 10 heteroatoms. The quantitative estimate of drug-likeness (QED) is 0.714. The first kappa shape index (κ1) is 16.1. The van der Waals surface area contributed by atoms with Crippen molar-refractivity contribution in [2.75, 3.05) is 10.5 Å². The van der Waals surface area contributed by atoms with E-state index in [2.05, 4.69) is 36.8 Å². The molecule has 0 amide bonds. The number of rotatable bonds is 3.